The Bertz CT molecular complexity index is 233. The van der Waals surface area contributed by atoms with E-state index in [-0.39, 0.29) is 5.91 Å². The first-order valence-electron chi connectivity index (χ1n) is 6.69. The maximum Gasteiger partial charge on any atom is 0.224 e. The van der Waals surface area contributed by atoms with E-state index in [1.54, 1.807) is 7.11 Å². The molecule has 0 aromatic heterocycles. The molecule has 1 rings (SSSR count). The maximum atomic E-state index is 11.8. The Morgan fingerprint density at radius 2 is 2.29 bits per heavy atom. The molecule has 0 bridgehead atoms. The van der Waals surface area contributed by atoms with Crippen molar-refractivity contribution in [3.63, 3.8) is 0 Å². The predicted molar refractivity (Wildman–Crippen MR) is 68.9 cm³/mol. The second-order valence-corrected chi connectivity index (χ2v) is 4.91. The standard InChI is InChI=1S/C13H26N2O2/c1-4-7-14-12-5-8-15(10-11(12)2)13(16)6-9-17-3/h11-12,14H,4-10H2,1-3H3. The SMILES string of the molecule is CCCNC1CCN(C(=O)CCOC)CC1C. The van der Waals surface area contributed by atoms with Crippen LogP contribution in [0.4, 0.5) is 0 Å². The highest BCUT2D eigenvalue weighted by Gasteiger charge is 2.27. The normalized spacial score (nSPS) is 25.0. The molecule has 1 N–H and O–H groups in total. The number of methoxy groups -OCH3 is 1. The molecule has 1 amide bonds. The van der Waals surface area contributed by atoms with E-state index in [1.165, 1.54) is 6.42 Å². The van der Waals surface area contributed by atoms with Crippen LogP contribution in [0.2, 0.25) is 0 Å². The lowest BCUT2D eigenvalue weighted by Crippen LogP contribution is -2.50. The zero-order valence-corrected chi connectivity index (χ0v) is 11.4. The number of amides is 1. The number of ether oxygens (including phenoxy) is 1. The van der Waals surface area contributed by atoms with Gasteiger partial charge >= 0.3 is 0 Å². The molecule has 0 aromatic carbocycles. The summed E-state index contributed by atoms with van der Waals surface area (Å²) in [6.07, 6.45) is 2.75. The average Bonchev–Trinajstić information content (AvgIpc) is 2.34. The molecule has 2 atom stereocenters. The molecule has 0 saturated carbocycles. The van der Waals surface area contributed by atoms with Gasteiger partial charge < -0.3 is 15.0 Å². The van der Waals surface area contributed by atoms with Crippen LogP contribution in [0.15, 0.2) is 0 Å². The molecule has 2 unspecified atom stereocenters. The van der Waals surface area contributed by atoms with E-state index in [0.717, 1.165) is 26.1 Å². The van der Waals surface area contributed by atoms with Gasteiger partial charge in [-0.05, 0) is 25.3 Å². The van der Waals surface area contributed by atoms with Gasteiger partial charge in [0.15, 0.2) is 0 Å². The molecule has 1 saturated heterocycles. The summed E-state index contributed by atoms with van der Waals surface area (Å²) in [6, 6.07) is 0.571. The Hall–Kier alpha value is -0.610. The van der Waals surface area contributed by atoms with E-state index in [0.29, 0.717) is 25.0 Å². The van der Waals surface area contributed by atoms with E-state index >= 15 is 0 Å². The van der Waals surface area contributed by atoms with Gasteiger partial charge in [0.05, 0.1) is 13.0 Å². The molecule has 4 nitrogen and oxygen atoms in total. The number of nitrogens with zero attached hydrogens (tertiary/aromatic N) is 1. The van der Waals surface area contributed by atoms with Crippen LogP contribution in [0.25, 0.3) is 0 Å². The Kier molecular flexibility index (Phi) is 6.52. The molecule has 0 radical (unpaired) electrons. The average molecular weight is 242 g/mol. The molecule has 17 heavy (non-hydrogen) atoms. The largest absolute Gasteiger partial charge is 0.384 e. The smallest absolute Gasteiger partial charge is 0.224 e. The zero-order valence-electron chi connectivity index (χ0n) is 11.4. The van der Waals surface area contributed by atoms with Crippen molar-refractivity contribution in [2.24, 2.45) is 5.92 Å². The Labute approximate surface area is 105 Å². The number of piperidine rings is 1. The summed E-state index contributed by atoms with van der Waals surface area (Å²) in [4.78, 5) is 13.8. The Morgan fingerprint density at radius 1 is 1.53 bits per heavy atom. The van der Waals surface area contributed by atoms with Crippen LogP contribution in [0.3, 0.4) is 0 Å². The fourth-order valence-electron chi connectivity index (χ4n) is 2.35. The summed E-state index contributed by atoms with van der Waals surface area (Å²) in [6.45, 7) is 7.77. The van der Waals surface area contributed by atoms with E-state index in [2.05, 4.69) is 19.2 Å². The first-order chi connectivity index (χ1) is 8.19. The molecule has 0 spiro atoms. The highest BCUT2D eigenvalue weighted by atomic mass is 16.5. The molecule has 1 fully saturated rings. The lowest BCUT2D eigenvalue weighted by atomic mass is 9.93. The van der Waals surface area contributed by atoms with Gasteiger partial charge in [-0.2, -0.15) is 0 Å². The van der Waals surface area contributed by atoms with Crippen molar-refractivity contribution >= 4 is 5.91 Å². The van der Waals surface area contributed by atoms with Crippen LogP contribution in [-0.2, 0) is 9.53 Å². The highest BCUT2D eigenvalue weighted by molar-refractivity contribution is 5.76. The van der Waals surface area contributed by atoms with Gasteiger partial charge in [-0.3, -0.25) is 4.79 Å². The second-order valence-electron chi connectivity index (χ2n) is 4.91. The lowest BCUT2D eigenvalue weighted by molar-refractivity contribution is -0.134. The minimum atomic E-state index is 0.229. The number of rotatable bonds is 6. The van der Waals surface area contributed by atoms with E-state index in [4.69, 9.17) is 4.74 Å². The van der Waals surface area contributed by atoms with Gasteiger partial charge in [0.2, 0.25) is 5.91 Å². The summed E-state index contributed by atoms with van der Waals surface area (Å²) in [5.41, 5.74) is 0. The third kappa shape index (κ3) is 4.64. The highest BCUT2D eigenvalue weighted by Crippen LogP contribution is 2.17. The van der Waals surface area contributed by atoms with Crippen molar-refractivity contribution in [1.82, 2.24) is 10.2 Å². The molecular formula is C13H26N2O2. The summed E-state index contributed by atoms with van der Waals surface area (Å²) >= 11 is 0. The fraction of sp³-hybridized carbons (Fsp3) is 0.923. The minimum Gasteiger partial charge on any atom is -0.384 e. The number of carbonyl (C=O) groups is 1. The van der Waals surface area contributed by atoms with Crippen LogP contribution < -0.4 is 5.32 Å². The summed E-state index contributed by atoms with van der Waals surface area (Å²) in [5.74, 6) is 0.773. The van der Waals surface area contributed by atoms with Gasteiger partial charge in [-0.15, -0.1) is 0 Å². The van der Waals surface area contributed by atoms with Crippen LogP contribution in [0.1, 0.15) is 33.1 Å². The van der Waals surface area contributed by atoms with E-state index < -0.39 is 0 Å². The van der Waals surface area contributed by atoms with Gasteiger partial charge in [0.25, 0.3) is 0 Å². The van der Waals surface area contributed by atoms with Crippen molar-refractivity contribution in [3.8, 4) is 0 Å². The third-order valence-corrected chi connectivity index (χ3v) is 3.43. The second kappa shape index (κ2) is 7.67. The first-order valence-corrected chi connectivity index (χ1v) is 6.69. The van der Waals surface area contributed by atoms with Crippen molar-refractivity contribution in [1.29, 1.82) is 0 Å². The molecule has 4 heteroatoms. The van der Waals surface area contributed by atoms with Crippen LogP contribution in [0, 0.1) is 5.92 Å². The maximum absolute atomic E-state index is 11.8. The fourth-order valence-corrected chi connectivity index (χ4v) is 2.35. The molecule has 100 valence electrons. The topological polar surface area (TPSA) is 41.6 Å². The predicted octanol–water partition coefficient (Wildman–Crippen LogP) is 1.26. The third-order valence-electron chi connectivity index (χ3n) is 3.43. The van der Waals surface area contributed by atoms with E-state index in [9.17, 15) is 4.79 Å². The summed E-state index contributed by atoms with van der Waals surface area (Å²) in [5, 5.41) is 3.56. The summed E-state index contributed by atoms with van der Waals surface area (Å²) in [7, 11) is 1.64. The zero-order chi connectivity index (χ0) is 12.7. The number of likely N-dealkylation sites (tertiary alicyclic amines) is 1. The van der Waals surface area contributed by atoms with E-state index in [1.807, 2.05) is 4.90 Å². The monoisotopic (exact) mass is 242 g/mol. The molecule has 1 heterocycles. The Morgan fingerprint density at radius 3 is 2.88 bits per heavy atom. The molecule has 1 aliphatic heterocycles. The van der Waals surface area contributed by atoms with Crippen molar-refractivity contribution in [2.75, 3.05) is 33.4 Å². The van der Waals surface area contributed by atoms with Crippen LogP contribution >= 0.6 is 0 Å². The number of carbonyl (C=O) groups excluding carboxylic acids is 1. The van der Waals surface area contributed by atoms with Crippen molar-refractivity contribution in [3.05, 3.63) is 0 Å². The Balaban J connectivity index is 2.32. The van der Waals surface area contributed by atoms with Crippen molar-refractivity contribution < 1.29 is 9.53 Å². The number of nitrogens with one attached hydrogen (secondary N) is 1. The molecule has 0 aromatic rings. The van der Waals surface area contributed by atoms with Gasteiger partial charge in [0, 0.05) is 26.2 Å². The number of hydrogen-bond donors (Lipinski definition) is 1. The lowest BCUT2D eigenvalue weighted by Gasteiger charge is -2.37. The van der Waals surface area contributed by atoms with Crippen LogP contribution in [-0.4, -0.2) is 50.2 Å². The van der Waals surface area contributed by atoms with Gasteiger partial charge in [-0.25, -0.2) is 0 Å². The van der Waals surface area contributed by atoms with Gasteiger partial charge in [0.1, 0.15) is 0 Å². The quantitative estimate of drug-likeness (QED) is 0.762. The van der Waals surface area contributed by atoms with Gasteiger partial charge in [-0.1, -0.05) is 13.8 Å². The summed E-state index contributed by atoms with van der Waals surface area (Å²) < 4.78 is 4.94. The van der Waals surface area contributed by atoms with Crippen molar-refractivity contribution in [2.45, 2.75) is 39.2 Å². The first kappa shape index (κ1) is 14.5. The molecule has 1 aliphatic rings. The molecule has 0 aliphatic carbocycles. The molecular weight excluding hydrogens is 216 g/mol. The van der Waals surface area contributed by atoms with Crippen LogP contribution in [0.5, 0.6) is 0 Å². The minimum absolute atomic E-state index is 0.229. The number of hydrogen-bond acceptors (Lipinski definition) is 3.